The summed E-state index contributed by atoms with van der Waals surface area (Å²) in [5.41, 5.74) is 15.0. The standard InChI is InChI=1S/C87H108F3N17O15S2/c1-49(108)106(2)73(34-51-16-20-56(88)21-17-51)85(121)105-71-47-124-45-53-13-10-12-52(32-53)44-123-46-70(77(92)113)104-84(120)72-15-11-31-107(72)86(122)69(33-50-18-24-59(109)25-19-50)103-81(117)67(39-74-87(97-48-96-74)28-7-4-3-5-8-29-87)101-82(118)68(40-76(111)112)102-80(116)66(36-55-42-94-63-27-23-58(90)38-61(55)63)100-79(115)65(35-54-41-93-62-26-22-57(89)37-60(54)62)98-75(110)43-95-78(114)64(99-83(71)119)14-6-9-30-91/h10,12-13,16-27,32,37-38,41-42,64-74,93-94,96-97,109H,3-9,11,14-15,28-31,33-36,39-40,43-48,91H2,1-2H3,(H2,92,113)(H,95,114)(H,98,110)(H,99,119)(H,100,115)(H,101,118)(H,102,116)(H,103,117)(H,104,120)(H,105,121)(H,111,112)/t64-,65-,66-,67-,68-,69-,70-,71-,72-,73-,74?/m0/s1. The zero-order valence-corrected chi connectivity index (χ0v) is 70.6. The number of unbranched alkanes of at least 4 members (excludes halogenated alkanes) is 1. The zero-order chi connectivity index (χ0) is 88.7. The van der Waals surface area contributed by atoms with Gasteiger partial charge in [0.25, 0.3) is 0 Å². The average molecular weight is 1750 g/mol. The van der Waals surface area contributed by atoms with E-state index >= 15 is 32.8 Å². The fourth-order valence-corrected chi connectivity index (χ4v) is 18.4. The fourth-order valence-electron chi connectivity index (χ4n) is 16.4. The number of amides is 12. The summed E-state index contributed by atoms with van der Waals surface area (Å²) in [6, 6.07) is 9.99. The van der Waals surface area contributed by atoms with Gasteiger partial charge in [-0.2, -0.15) is 23.5 Å². The first kappa shape index (κ1) is 93.2. The third-order valence-corrected chi connectivity index (χ3v) is 25.5. The molecule has 7 aromatic rings. The minimum Gasteiger partial charge on any atom is -0.508 e. The number of aromatic hydroxyl groups is 1. The lowest BCUT2D eigenvalue weighted by Gasteiger charge is -2.38. The van der Waals surface area contributed by atoms with Crippen LogP contribution < -0.4 is 70.0 Å². The molecular weight excluding hydrogens is 1640 g/mol. The van der Waals surface area contributed by atoms with Crippen LogP contribution in [-0.2, 0) is 99.5 Å². The second-order valence-electron chi connectivity index (χ2n) is 32.1. The lowest BCUT2D eigenvalue weighted by atomic mass is 9.77. The molecule has 11 atom stereocenters. The van der Waals surface area contributed by atoms with E-state index in [4.69, 9.17) is 11.5 Å². The third-order valence-electron chi connectivity index (χ3n) is 23.2. The molecule has 11 rings (SSSR count). The summed E-state index contributed by atoms with van der Waals surface area (Å²) in [6.45, 7) is 0.832. The van der Waals surface area contributed by atoms with Crippen LogP contribution in [0.15, 0.2) is 122 Å². The Hall–Kier alpha value is -11.5. The monoisotopic (exact) mass is 1750 g/mol. The predicted molar refractivity (Wildman–Crippen MR) is 459 cm³/mol. The molecule has 1 saturated carbocycles. The quantitative estimate of drug-likeness (QED) is 0.0485. The summed E-state index contributed by atoms with van der Waals surface area (Å²) in [7, 11) is 1.39. The number of carboxylic acids is 1. The molecule has 4 aliphatic rings. The molecule has 2 aromatic heterocycles. The number of nitrogens with zero attached hydrogens (tertiary/aromatic N) is 2. The van der Waals surface area contributed by atoms with Crippen LogP contribution in [0.5, 0.6) is 5.75 Å². The second-order valence-corrected chi connectivity index (χ2v) is 34.2. The van der Waals surface area contributed by atoms with Crippen LogP contribution >= 0.6 is 23.5 Å². The minimum atomic E-state index is -2.07. The number of nitrogens with one attached hydrogen (secondary N) is 13. The predicted octanol–water partition coefficient (Wildman–Crippen LogP) is 3.54. The normalized spacial score (nSPS) is 23.3. The van der Waals surface area contributed by atoms with Gasteiger partial charge in [-0.05, 0) is 152 Å². The number of fused-ring (bicyclic) bond motifs is 5. The molecule has 2 bridgehead atoms. The maximum absolute atomic E-state index is 15.7. The number of aromatic amines is 2. The molecule has 3 fully saturated rings. The van der Waals surface area contributed by atoms with Crippen molar-refractivity contribution in [3.8, 4) is 5.75 Å². The van der Waals surface area contributed by atoms with Crippen LogP contribution in [0.25, 0.3) is 21.8 Å². The molecule has 0 radical (unpaired) electrons. The van der Waals surface area contributed by atoms with Crippen molar-refractivity contribution in [1.82, 2.24) is 78.3 Å². The lowest BCUT2D eigenvalue weighted by molar-refractivity contribution is -0.143. The number of nitrogens with two attached hydrogens (primary N) is 2. The molecular formula is C87H108F3N17O15S2. The highest BCUT2D eigenvalue weighted by molar-refractivity contribution is 7.98. The number of thioether (sulfide) groups is 2. The summed E-state index contributed by atoms with van der Waals surface area (Å²) in [5.74, 6) is -14.3. The molecule has 12 amide bonds. The maximum Gasteiger partial charge on any atom is 0.305 e. The first-order valence-electron chi connectivity index (χ1n) is 41.7. The van der Waals surface area contributed by atoms with E-state index in [1.54, 1.807) is 6.07 Å². The van der Waals surface area contributed by atoms with E-state index < -0.39 is 192 Å². The SMILES string of the molecule is CC(=O)N(C)[C@@H](Cc1ccc(F)cc1)C(=O)N[C@H]1CSCc2cccc(c2)CSC[C@@H](C(N)=O)NC(=O)[C@@H]2CCCN2C(=O)[C@H](Cc2ccc(O)cc2)NC(=O)[C@H](CC2NCNC23CCCCCCC3)NC(=O)[C@H](CC(=O)O)NC(=O)[C@H](Cc2c[nH]c3ccc(F)cc23)NC(=O)[C@H](Cc2c[nH]c3ccc(F)cc23)NC(=O)CNC(=O)[C@H](CCCCN)NC1=O. The molecule has 1 aliphatic carbocycles. The Labute approximate surface area is 722 Å². The number of primary amides is 1. The number of hydrogen-bond donors (Lipinski definition) is 17. The summed E-state index contributed by atoms with van der Waals surface area (Å²) in [4.78, 5) is 199. The van der Waals surface area contributed by atoms with Gasteiger partial charge in [-0.15, -0.1) is 0 Å². The van der Waals surface area contributed by atoms with E-state index in [1.165, 1.54) is 139 Å². The molecule has 19 N–H and O–H groups in total. The van der Waals surface area contributed by atoms with Gasteiger partial charge in [0, 0.05) is 122 Å². The Balaban J connectivity index is 0.959. The smallest absolute Gasteiger partial charge is 0.305 e. The number of hydrogen-bond acceptors (Lipinski definition) is 19. The third kappa shape index (κ3) is 25.6. The first-order chi connectivity index (χ1) is 59.5. The number of carbonyl (C=O) groups is 13. The first-order valence-corrected chi connectivity index (χ1v) is 44.0. The average Bonchev–Trinajstić information content (AvgIpc) is 1.50. The van der Waals surface area contributed by atoms with Crippen LogP contribution in [0.4, 0.5) is 13.2 Å². The van der Waals surface area contributed by atoms with Gasteiger partial charge in [0.15, 0.2) is 0 Å². The highest BCUT2D eigenvalue weighted by Crippen LogP contribution is 2.35. The molecule has 1 unspecified atom stereocenters. The Morgan fingerprint density at radius 3 is 1.80 bits per heavy atom. The van der Waals surface area contributed by atoms with Gasteiger partial charge < -0.3 is 89.3 Å². The summed E-state index contributed by atoms with van der Waals surface area (Å²) in [5, 5.41) is 52.9. The number of halogens is 3. The van der Waals surface area contributed by atoms with Crippen molar-refractivity contribution >= 4 is 122 Å². The maximum atomic E-state index is 15.7. The van der Waals surface area contributed by atoms with Gasteiger partial charge in [0.1, 0.15) is 83.6 Å². The van der Waals surface area contributed by atoms with E-state index in [9.17, 15) is 53.0 Å². The van der Waals surface area contributed by atoms with Gasteiger partial charge in [-0.25, -0.2) is 13.2 Å². The topological polar surface area (TPSA) is 485 Å². The highest BCUT2D eigenvalue weighted by Gasteiger charge is 2.47. The molecule has 5 aromatic carbocycles. The number of aliphatic carboxylic acids is 1. The Kier molecular flexibility index (Phi) is 33.2. The van der Waals surface area contributed by atoms with E-state index in [1.807, 2.05) is 18.2 Å². The number of rotatable bonds is 20. The van der Waals surface area contributed by atoms with Crippen LogP contribution in [0.3, 0.4) is 0 Å². The fraction of sp³-hybridized carbons (Fsp3) is 0.460. The van der Waals surface area contributed by atoms with Crippen molar-refractivity contribution in [3.05, 3.63) is 172 Å². The number of benzene rings is 5. The highest BCUT2D eigenvalue weighted by atomic mass is 32.2. The van der Waals surface area contributed by atoms with Crippen LogP contribution in [0.2, 0.25) is 0 Å². The van der Waals surface area contributed by atoms with Crippen molar-refractivity contribution in [2.45, 2.75) is 206 Å². The minimum absolute atomic E-state index is 0.00869. The zero-order valence-electron chi connectivity index (χ0n) is 69.0. The summed E-state index contributed by atoms with van der Waals surface area (Å²) >= 11 is 2.48. The van der Waals surface area contributed by atoms with E-state index in [0.29, 0.717) is 54.5 Å². The summed E-state index contributed by atoms with van der Waals surface area (Å²) < 4.78 is 44.6. The molecule has 5 heterocycles. The van der Waals surface area contributed by atoms with Crippen LogP contribution in [0, 0.1) is 17.5 Å². The van der Waals surface area contributed by atoms with Gasteiger partial charge in [-0.3, -0.25) is 73.0 Å². The van der Waals surface area contributed by atoms with Crippen molar-refractivity contribution < 1.29 is 85.7 Å². The number of likely N-dealkylation sites (N-methyl/N-ethyl adjacent to an activating group) is 1. The molecule has 2 saturated heterocycles. The number of phenolic OH excluding ortho intramolecular Hbond substituents is 1. The van der Waals surface area contributed by atoms with E-state index in [0.717, 1.165) is 49.3 Å². The molecule has 3 aliphatic heterocycles. The van der Waals surface area contributed by atoms with Crippen molar-refractivity contribution in [3.63, 3.8) is 0 Å². The molecule has 1 spiro atoms. The van der Waals surface area contributed by atoms with Gasteiger partial charge in [0.05, 0.1) is 13.0 Å². The van der Waals surface area contributed by atoms with Crippen LogP contribution in [-0.4, -0.2) is 224 Å². The van der Waals surface area contributed by atoms with Gasteiger partial charge in [0.2, 0.25) is 70.9 Å². The largest absolute Gasteiger partial charge is 0.508 e. The van der Waals surface area contributed by atoms with Crippen molar-refractivity contribution in [2.75, 3.05) is 44.9 Å². The number of carboxylic acid groups (broad SMARTS) is 1. The lowest BCUT2D eigenvalue weighted by Crippen LogP contribution is -2.62. The van der Waals surface area contributed by atoms with E-state index in [-0.39, 0.29) is 102 Å². The Bertz CT molecular complexity index is 5000. The molecule has 664 valence electrons. The summed E-state index contributed by atoms with van der Waals surface area (Å²) in [6.07, 6.45) is 6.97. The number of H-pyrrole nitrogens is 2. The molecule has 37 heteroatoms. The van der Waals surface area contributed by atoms with Gasteiger partial charge >= 0.3 is 5.97 Å². The second kappa shape index (κ2) is 44.2. The van der Waals surface area contributed by atoms with Crippen LogP contribution in [0.1, 0.15) is 130 Å². The van der Waals surface area contributed by atoms with E-state index in [2.05, 4.69) is 68.5 Å². The number of carbonyl (C=O) groups excluding carboxylic acids is 12. The molecule has 124 heavy (non-hydrogen) atoms. The Morgan fingerprint density at radius 1 is 0.613 bits per heavy atom. The van der Waals surface area contributed by atoms with Crippen molar-refractivity contribution in [1.29, 1.82) is 0 Å². The Morgan fingerprint density at radius 2 is 1.18 bits per heavy atom. The van der Waals surface area contributed by atoms with Crippen molar-refractivity contribution in [2.24, 2.45) is 11.5 Å². The number of aromatic nitrogens is 2. The van der Waals surface area contributed by atoms with Gasteiger partial charge in [-0.1, -0.05) is 80.6 Å². The number of phenols is 1. The molecule has 32 nitrogen and oxygen atoms in total.